The fraction of sp³-hybridized carbons (Fsp3) is 0.150. The second-order valence-corrected chi connectivity index (χ2v) is 7.83. The van der Waals surface area contributed by atoms with Gasteiger partial charge in [-0.25, -0.2) is 12.8 Å². The molecule has 0 aliphatic heterocycles. The van der Waals surface area contributed by atoms with E-state index >= 15 is 0 Å². The van der Waals surface area contributed by atoms with E-state index in [0.717, 1.165) is 5.56 Å². The van der Waals surface area contributed by atoms with Gasteiger partial charge in [0.1, 0.15) is 23.9 Å². The predicted molar refractivity (Wildman–Crippen MR) is 103 cm³/mol. The average molecular weight is 386 g/mol. The molecule has 0 fully saturated rings. The number of benzene rings is 2. The van der Waals surface area contributed by atoms with Crippen molar-refractivity contribution in [3.63, 3.8) is 0 Å². The number of sulfonamides is 1. The van der Waals surface area contributed by atoms with Crippen LogP contribution in [0.25, 0.3) is 0 Å². The summed E-state index contributed by atoms with van der Waals surface area (Å²) < 4.78 is 45.6. The Balaban J connectivity index is 1.74. The van der Waals surface area contributed by atoms with Gasteiger partial charge in [0.05, 0.1) is 12.2 Å². The molecule has 0 spiro atoms. The zero-order valence-corrected chi connectivity index (χ0v) is 15.3. The Morgan fingerprint density at radius 1 is 0.963 bits per heavy atom. The first-order valence-corrected chi connectivity index (χ1v) is 9.98. The molecule has 2 aromatic carbocycles. The summed E-state index contributed by atoms with van der Waals surface area (Å²) >= 11 is 0. The van der Waals surface area contributed by atoms with E-state index in [1.165, 1.54) is 28.6 Å². The van der Waals surface area contributed by atoms with Gasteiger partial charge in [0.15, 0.2) is 0 Å². The van der Waals surface area contributed by atoms with E-state index in [2.05, 4.69) is 4.98 Å². The van der Waals surface area contributed by atoms with E-state index in [4.69, 9.17) is 4.74 Å². The summed E-state index contributed by atoms with van der Waals surface area (Å²) in [4.78, 5) is 4.05. The lowest BCUT2D eigenvalue weighted by Crippen LogP contribution is -2.34. The summed E-state index contributed by atoms with van der Waals surface area (Å²) in [5, 5.41) is 0. The SMILES string of the molecule is O=S(=O)(CCOc1ccc(F)cc1)N(Cc1cccnc1)c1ccccc1. The molecule has 0 N–H and O–H groups in total. The summed E-state index contributed by atoms with van der Waals surface area (Å²) in [5.41, 5.74) is 1.35. The molecule has 0 bridgehead atoms. The van der Waals surface area contributed by atoms with Crippen LogP contribution in [0.4, 0.5) is 10.1 Å². The summed E-state index contributed by atoms with van der Waals surface area (Å²) in [5.74, 6) is -0.161. The van der Waals surface area contributed by atoms with E-state index in [0.29, 0.717) is 11.4 Å². The lowest BCUT2D eigenvalue weighted by atomic mass is 10.2. The molecule has 0 atom stereocenters. The standard InChI is InChI=1S/C20H19FN2O3S/c21-18-8-10-20(11-9-18)26-13-14-27(24,25)23(19-6-2-1-3-7-19)16-17-5-4-12-22-15-17/h1-12,15H,13-14,16H2. The molecule has 5 nitrogen and oxygen atoms in total. The molecule has 7 heteroatoms. The van der Waals surface area contributed by atoms with Gasteiger partial charge in [0.25, 0.3) is 0 Å². The molecule has 0 aliphatic rings. The molecule has 0 radical (unpaired) electrons. The van der Waals surface area contributed by atoms with Gasteiger partial charge in [-0.3, -0.25) is 9.29 Å². The quantitative estimate of drug-likeness (QED) is 0.593. The molecule has 3 rings (SSSR count). The van der Waals surface area contributed by atoms with Crippen molar-refractivity contribution < 1.29 is 17.5 Å². The highest BCUT2D eigenvalue weighted by atomic mass is 32.2. The van der Waals surface area contributed by atoms with E-state index in [1.54, 1.807) is 42.7 Å². The maximum Gasteiger partial charge on any atom is 0.238 e. The fourth-order valence-corrected chi connectivity index (χ4v) is 3.81. The Labute approximate surface area is 158 Å². The zero-order valence-electron chi connectivity index (χ0n) is 14.5. The van der Waals surface area contributed by atoms with Gasteiger partial charge in [0, 0.05) is 12.4 Å². The van der Waals surface area contributed by atoms with Gasteiger partial charge >= 0.3 is 0 Å². The molecule has 1 heterocycles. The number of hydrogen-bond acceptors (Lipinski definition) is 4. The summed E-state index contributed by atoms with van der Waals surface area (Å²) in [6.45, 7) is 0.140. The molecule has 1 aromatic heterocycles. The Morgan fingerprint density at radius 2 is 1.70 bits per heavy atom. The highest BCUT2D eigenvalue weighted by Crippen LogP contribution is 2.21. The van der Waals surface area contributed by atoms with E-state index in [-0.39, 0.29) is 24.7 Å². The molecule has 0 aliphatic carbocycles. The van der Waals surface area contributed by atoms with E-state index < -0.39 is 10.0 Å². The van der Waals surface area contributed by atoms with Crippen LogP contribution in [0.1, 0.15) is 5.56 Å². The third-order valence-corrected chi connectivity index (χ3v) is 5.55. The Morgan fingerprint density at radius 3 is 2.37 bits per heavy atom. The van der Waals surface area contributed by atoms with Crippen LogP contribution < -0.4 is 9.04 Å². The summed E-state index contributed by atoms with van der Waals surface area (Å²) in [6, 6.07) is 18.0. The van der Waals surface area contributed by atoms with Crippen LogP contribution in [0.15, 0.2) is 79.1 Å². The largest absolute Gasteiger partial charge is 0.492 e. The van der Waals surface area contributed by atoms with Crippen LogP contribution in [0.5, 0.6) is 5.75 Å². The second-order valence-electron chi connectivity index (χ2n) is 5.82. The first kappa shape index (κ1) is 18.8. The second kappa shape index (κ2) is 8.64. The molecular formula is C20H19FN2O3S. The number of ether oxygens (including phenoxy) is 1. The van der Waals surface area contributed by atoms with Crippen LogP contribution >= 0.6 is 0 Å². The molecule has 0 unspecified atom stereocenters. The fourth-order valence-electron chi connectivity index (χ4n) is 2.51. The zero-order chi connectivity index (χ0) is 19.1. The average Bonchev–Trinajstić information content (AvgIpc) is 2.69. The normalized spacial score (nSPS) is 11.1. The smallest absolute Gasteiger partial charge is 0.238 e. The first-order chi connectivity index (χ1) is 13.0. The number of rotatable bonds is 8. The van der Waals surface area contributed by atoms with Gasteiger partial charge in [-0.15, -0.1) is 0 Å². The molecule has 0 saturated carbocycles. The predicted octanol–water partition coefficient (Wildman–Crippen LogP) is 3.64. The highest BCUT2D eigenvalue weighted by molar-refractivity contribution is 7.92. The topological polar surface area (TPSA) is 59.5 Å². The number of anilines is 1. The van der Waals surface area contributed by atoms with Gasteiger partial charge < -0.3 is 4.74 Å². The number of pyridine rings is 1. The lowest BCUT2D eigenvalue weighted by molar-refractivity contribution is 0.340. The summed E-state index contributed by atoms with van der Waals surface area (Å²) in [7, 11) is -3.65. The minimum Gasteiger partial charge on any atom is -0.492 e. The van der Waals surface area contributed by atoms with Gasteiger partial charge in [-0.05, 0) is 48.0 Å². The number of hydrogen-bond donors (Lipinski definition) is 0. The van der Waals surface area contributed by atoms with Crippen molar-refractivity contribution in [3.8, 4) is 5.75 Å². The Bertz CT molecular complexity index is 950. The molecule has 27 heavy (non-hydrogen) atoms. The van der Waals surface area contributed by atoms with Crippen LogP contribution in [-0.4, -0.2) is 25.8 Å². The molecular weight excluding hydrogens is 367 g/mol. The first-order valence-electron chi connectivity index (χ1n) is 8.37. The van der Waals surface area contributed by atoms with Crippen molar-refractivity contribution in [2.45, 2.75) is 6.54 Å². The minimum absolute atomic E-state index is 0.0374. The van der Waals surface area contributed by atoms with Crippen molar-refractivity contribution in [1.82, 2.24) is 4.98 Å². The Hall–Kier alpha value is -2.93. The number of halogens is 1. The molecule has 0 saturated heterocycles. The minimum atomic E-state index is -3.65. The summed E-state index contributed by atoms with van der Waals surface area (Å²) in [6.07, 6.45) is 3.28. The maximum atomic E-state index is 12.9. The van der Waals surface area contributed by atoms with Crippen molar-refractivity contribution in [2.24, 2.45) is 0 Å². The van der Waals surface area contributed by atoms with Crippen molar-refractivity contribution in [3.05, 3.63) is 90.5 Å². The van der Waals surface area contributed by atoms with Crippen molar-refractivity contribution in [2.75, 3.05) is 16.7 Å². The number of nitrogens with zero attached hydrogens (tertiary/aromatic N) is 2. The van der Waals surface area contributed by atoms with Crippen LogP contribution in [0.3, 0.4) is 0 Å². The monoisotopic (exact) mass is 386 g/mol. The molecule has 3 aromatic rings. The Kier molecular flexibility index (Phi) is 6.03. The van der Waals surface area contributed by atoms with E-state index in [1.807, 2.05) is 12.1 Å². The van der Waals surface area contributed by atoms with Gasteiger partial charge in [-0.2, -0.15) is 0 Å². The number of aromatic nitrogens is 1. The van der Waals surface area contributed by atoms with Crippen LogP contribution in [-0.2, 0) is 16.6 Å². The molecule has 0 amide bonds. The van der Waals surface area contributed by atoms with Crippen LogP contribution in [0, 0.1) is 5.82 Å². The van der Waals surface area contributed by atoms with Crippen molar-refractivity contribution >= 4 is 15.7 Å². The van der Waals surface area contributed by atoms with E-state index in [9.17, 15) is 12.8 Å². The van der Waals surface area contributed by atoms with Crippen molar-refractivity contribution in [1.29, 1.82) is 0 Å². The maximum absolute atomic E-state index is 12.9. The third kappa shape index (κ3) is 5.27. The third-order valence-electron chi connectivity index (χ3n) is 3.85. The van der Waals surface area contributed by atoms with Gasteiger partial charge in [-0.1, -0.05) is 24.3 Å². The highest BCUT2D eigenvalue weighted by Gasteiger charge is 2.23. The van der Waals surface area contributed by atoms with Gasteiger partial charge in [0.2, 0.25) is 10.0 Å². The number of para-hydroxylation sites is 1. The molecule has 140 valence electrons. The lowest BCUT2D eigenvalue weighted by Gasteiger charge is -2.24. The van der Waals surface area contributed by atoms with Crippen LogP contribution in [0.2, 0.25) is 0 Å².